The van der Waals surface area contributed by atoms with Gasteiger partial charge < -0.3 is 10.4 Å². The molecule has 2 unspecified atom stereocenters. The Balaban J connectivity index is 2.01. The Labute approximate surface area is 119 Å². The highest BCUT2D eigenvalue weighted by atomic mass is 19.1. The van der Waals surface area contributed by atoms with Gasteiger partial charge in [-0.1, -0.05) is 42.5 Å². The molecule has 0 aliphatic rings. The fraction of sp³-hybridized carbons (Fsp3) is 0.294. The van der Waals surface area contributed by atoms with Crippen molar-refractivity contribution in [3.63, 3.8) is 0 Å². The minimum Gasteiger partial charge on any atom is -0.384 e. The van der Waals surface area contributed by atoms with Crippen LogP contribution in [0.3, 0.4) is 0 Å². The second-order valence-corrected chi connectivity index (χ2v) is 5.30. The van der Waals surface area contributed by atoms with Gasteiger partial charge in [0.25, 0.3) is 0 Å². The zero-order valence-corrected chi connectivity index (χ0v) is 11.8. The van der Waals surface area contributed by atoms with Crippen LogP contribution < -0.4 is 5.32 Å². The molecule has 2 atom stereocenters. The van der Waals surface area contributed by atoms with Gasteiger partial charge in [0.05, 0.1) is 5.60 Å². The molecule has 0 saturated heterocycles. The minimum atomic E-state index is -0.956. The van der Waals surface area contributed by atoms with E-state index >= 15 is 0 Å². The first-order valence-corrected chi connectivity index (χ1v) is 6.76. The monoisotopic (exact) mass is 273 g/mol. The topological polar surface area (TPSA) is 32.3 Å². The van der Waals surface area contributed by atoms with Gasteiger partial charge in [0.1, 0.15) is 5.82 Å². The van der Waals surface area contributed by atoms with E-state index in [9.17, 15) is 9.50 Å². The number of aliphatic hydroxyl groups is 1. The van der Waals surface area contributed by atoms with Gasteiger partial charge in [0.2, 0.25) is 0 Å². The quantitative estimate of drug-likeness (QED) is 0.875. The lowest BCUT2D eigenvalue weighted by atomic mass is 9.95. The van der Waals surface area contributed by atoms with Gasteiger partial charge in [-0.2, -0.15) is 0 Å². The standard InChI is InChI=1S/C17H20FNO/c1-13(14-7-6-10-16(18)11-14)19-12-17(2,20)15-8-4-3-5-9-15/h3-11,13,19-20H,12H2,1-2H3. The maximum atomic E-state index is 13.2. The molecule has 0 amide bonds. The Morgan fingerprint density at radius 1 is 1.15 bits per heavy atom. The average molecular weight is 273 g/mol. The van der Waals surface area contributed by atoms with Crippen molar-refractivity contribution in [3.8, 4) is 0 Å². The molecule has 0 saturated carbocycles. The summed E-state index contributed by atoms with van der Waals surface area (Å²) in [7, 11) is 0. The predicted molar refractivity (Wildman–Crippen MR) is 78.8 cm³/mol. The lowest BCUT2D eigenvalue weighted by Gasteiger charge is -2.26. The largest absolute Gasteiger partial charge is 0.384 e. The van der Waals surface area contributed by atoms with Crippen LogP contribution in [0.4, 0.5) is 4.39 Å². The van der Waals surface area contributed by atoms with Gasteiger partial charge >= 0.3 is 0 Å². The van der Waals surface area contributed by atoms with Crippen LogP contribution in [0.1, 0.15) is 31.0 Å². The predicted octanol–water partition coefficient (Wildman–Crippen LogP) is 3.38. The van der Waals surface area contributed by atoms with Crippen molar-refractivity contribution in [1.29, 1.82) is 0 Å². The number of nitrogens with one attached hydrogen (secondary N) is 1. The fourth-order valence-corrected chi connectivity index (χ4v) is 2.14. The molecule has 2 aromatic rings. The van der Waals surface area contributed by atoms with Crippen molar-refractivity contribution in [2.75, 3.05) is 6.54 Å². The maximum absolute atomic E-state index is 13.2. The molecule has 2 rings (SSSR count). The van der Waals surface area contributed by atoms with Crippen molar-refractivity contribution < 1.29 is 9.50 Å². The van der Waals surface area contributed by atoms with Crippen LogP contribution in [-0.4, -0.2) is 11.7 Å². The Morgan fingerprint density at radius 3 is 2.50 bits per heavy atom. The Bertz CT molecular complexity index is 554. The molecule has 0 radical (unpaired) electrons. The van der Waals surface area contributed by atoms with Crippen LogP contribution in [0.2, 0.25) is 0 Å². The normalized spacial score (nSPS) is 15.6. The van der Waals surface area contributed by atoms with Gasteiger partial charge in [-0.25, -0.2) is 4.39 Å². The minimum absolute atomic E-state index is 0.0270. The van der Waals surface area contributed by atoms with Crippen LogP contribution in [0.25, 0.3) is 0 Å². The molecule has 106 valence electrons. The third-order valence-corrected chi connectivity index (χ3v) is 3.50. The highest BCUT2D eigenvalue weighted by Gasteiger charge is 2.23. The lowest BCUT2D eigenvalue weighted by molar-refractivity contribution is 0.0543. The molecule has 2 aromatic carbocycles. The summed E-state index contributed by atoms with van der Waals surface area (Å²) in [6.07, 6.45) is 0. The Hall–Kier alpha value is -1.71. The number of hydrogen-bond acceptors (Lipinski definition) is 2. The number of benzene rings is 2. The third kappa shape index (κ3) is 3.65. The number of rotatable bonds is 5. The molecule has 0 fully saturated rings. The van der Waals surface area contributed by atoms with Crippen molar-refractivity contribution in [1.82, 2.24) is 5.32 Å². The second-order valence-electron chi connectivity index (χ2n) is 5.30. The van der Waals surface area contributed by atoms with Crippen molar-refractivity contribution in [3.05, 3.63) is 71.5 Å². The summed E-state index contributed by atoms with van der Waals surface area (Å²) in [5.41, 5.74) is 0.774. The van der Waals surface area contributed by atoms with Gasteiger partial charge in [-0.05, 0) is 37.1 Å². The van der Waals surface area contributed by atoms with Crippen LogP contribution in [0.5, 0.6) is 0 Å². The van der Waals surface area contributed by atoms with E-state index in [1.54, 1.807) is 13.0 Å². The summed E-state index contributed by atoms with van der Waals surface area (Å²) in [5, 5.41) is 13.7. The molecule has 20 heavy (non-hydrogen) atoms. The van der Waals surface area contributed by atoms with Crippen LogP contribution in [0.15, 0.2) is 54.6 Å². The van der Waals surface area contributed by atoms with E-state index in [2.05, 4.69) is 5.32 Å². The molecule has 0 bridgehead atoms. The van der Waals surface area contributed by atoms with Crippen LogP contribution in [0, 0.1) is 5.82 Å². The zero-order valence-electron chi connectivity index (χ0n) is 11.8. The van der Waals surface area contributed by atoms with E-state index in [1.807, 2.05) is 43.3 Å². The first-order valence-electron chi connectivity index (χ1n) is 6.76. The first-order chi connectivity index (χ1) is 9.49. The van der Waals surface area contributed by atoms with Crippen molar-refractivity contribution in [2.45, 2.75) is 25.5 Å². The van der Waals surface area contributed by atoms with Gasteiger partial charge in [-0.15, -0.1) is 0 Å². The number of halogens is 1. The summed E-state index contributed by atoms with van der Waals surface area (Å²) in [6.45, 7) is 4.12. The Morgan fingerprint density at radius 2 is 1.85 bits per heavy atom. The molecule has 0 spiro atoms. The van der Waals surface area contributed by atoms with Gasteiger partial charge in [0, 0.05) is 12.6 Å². The summed E-state index contributed by atoms with van der Waals surface area (Å²) >= 11 is 0. The van der Waals surface area contributed by atoms with E-state index in [1.165, 1.54) is 12.1 Å². The van der Waals surface area contributed by atoms with E-state index in [-0.39, 0.29) is 11.9 Å². The molecule has 0 aromatic heterocycles. The molecule has 0 heterocycles. The smallest absolute Gasteiger partial charge is 0.123 e. The number of hydrogen-bond donors (Lipinski definition) is 2. The molecule has 0 aliphatic heterocycles. The maximum Gasteiger partial charge on any atom is 0.123 e. The van der Waals surface area contributed by atoms with Gasteiger partial charge in [-0.3, -0.25) is 0 Å². The summed E-state index contributed by atoms with van der Waals surface area (Å²) < 4.78 is 13.2. The summed E-state index contributed by atoms with van der Waals surface area (Å²) in [6, 6.07) is 16.0. The van der Waals surface area contributed by atoms with E-state index in [0.717, 1.165) is 11.1 Å². The SMILES string of the molecule is CC(NCC(C)(O)c1ccccc1)c1cccc(F)c1. The zero-order chi connectivity index (χ0) is 14.6. The molecular weight excluding hydrogens is 253 g/mol. The molecule has 3 heteroatoms. The second kappa shape index (κ2) is 6.16. The molecule has 2 N–H and O–H groups in total. The third-order valence-electron chi connectivity index (χ3n) is 3.50. The summed E-state index contributed by atoms with van der Waals surface area (Å²) in [5.74, 6) is -0.244. The molecule has 0 aliphatic carbocycles. The van der Waals surface area contributed by atoms with Crippen molar-refractivity contribution in [2.24, 2.45) is 0 Å². The first kappa shape index (κ1) is 14.7. The van der Waals surface area contributed by atoms with E-state index in [4.69, 9.17) is 0 Å². The van der Waals surface area contributed by atoms with Crippen LogP contribution >= 0.6 is 0 Å². The van der Waals surface area contributed by atoms with Crippen LogP contribution in [-0.2, 0) is 5.60 Å². The molecule has 2 nitrogen and oxygen atoms in total. The van der Waals surface area contributed by atoms with E-state index in [0.29, 0.717) is 6.54 Å². The highest BCUT2D eigenvalue weighted by Crippen LogP contribution is 2.21. The average Bonchev–Trinajstić information content (AvgIpc) is 2.46. The lowest BCUT2D eigenvalue weighted by Crippen LogP contribution is -2.36. The van der Waals surface area contributed by atoms with E-state index < -0.39 is 5.60 Å². The van der Waals surface area contributed by atoms with Gasteiger partial charge in [0.15, 0.2) is 0 Å². The Kier molecular flexibility index (Phi) is 4.53. The fourth-order valence-electron chi connectivity index (χ4n) is 2.14. The summed E-state index contributed by atoms with van der Waals surface area (Å²) in [4.78, 5) is 0. The highest BCUT2D eigenvalue weighted by molar-refractivity contribution is 5.23. The van der Waals surface area contributed by atoms with Crippen molar-refractivity contribution >= 4 is 0 Å². The molecular formula is C17H20FNO.